The number of esters is 1. The van der Waals surface area contributed by atoms with Gasteiger partial charge >= 0.3 is 12.1 Å². The van der Waals surface area contributed by atoms with E-state index < -0.39 is 36.2 Å². The van der Waals surface area contributed by atoms with Gasteiger partial charge in [0.1, 0.15) is 0 Å². The van der Waals surface area contributed by atoms with Gasteiger partial charge in [-0.2, -0.15) is 18.4 Å². The molecule has 0 spiro atoms. The zero-order valence-corrected chi connectivity index (χ0v) is 18.8. The van der Waals surface area contributed by atoms with Crippen molar-refractivity contribution >= 4 is 5.97 Å². The minimum Gasteiger partial charge on any atom is -0.418 e. The molecular formula is C22H32F3N5O3. The van der Waals surface area contributed by atoms with Crippen LogP contribution in [0.3, 0.4) is 0 Å². The van der Waals surface area contributed by atoms with Gasteiger partial charge in [-0.15, -0.1) is 10.2 Å². The van der Waals surface area contributed by atoms with Gasteiger partial charge in [0.25, 0.3) is 5.79 Å². The summed E-state index contributed by atoms with van der Waals surface area (Å²) in [6.07, 6.45) is 3.52. The number of ether oxygens (including phenoxy) is 1. The minimum atomic E-state index is -5.29. The van der Waals surface area contributed by atoms with Crippen LogP contribution in [0.5, 0.6) is 0 Å². The van der Waals surface area contributed by atoms with Crippen LogP contribution in [-0.2, 0) is 28.2 Å². The van der Waals surface area contributed by atoms with Gasteiger partial charge in [0, 0.05) is 12.5 Å². The molecule has 33 heavy (non-hydrogen) atoms. The fraction of sp³-hybridized carbons (Fsp3) is 0.636. The largest absolute Gasteiger partial charge is 0.491 e. The van der Waals surface area contributed by atoms with Crippen molar-refractivity contribution in [2.75, 3.05) is 0 Å². The number of benzene rings is 1. The predicted octanol–water partition coefficient (Wildman–Crippen LogP) is 3.70. The number of nitrogens with one attached hydrogen (secondary N) is 1. The molecule has 0 aliphatic carbocycles. The maximum atomic E-state index is 12.6. The van der Waals surface area contributed by atoms with Crippen LogP contribution >= 0.6 is 0 Å². The first-order valence-electron chi connectivity index (χ1n) is 11.2. The van der Waals surface area contributed by atoms with E-state index in [2.05, 4.69) is 39.2 Å². The van der Waals surface area contributed by atoms with Crippen molar-refractivity contribution < 1.29 is 27.8 Å². The Balaban J connectivity index is 1.85. The van der Waals surface area contributed by atoms with E-state index in [9.17, 15) is 23.1 Å². The van der Waals surface area contributed by atoms with Crippen molar-refractivity contribution in [1.82, 2.24) is 20.6 Å². The number of tetrazole rings is 1. The molecule has 0 saturated carbocycles. The van der Waals surface area contributed by atoms with Gasteiger partial charge in [0.05, 0.1) is 0 Å². The van der Waals surface area contributed by atoms with E-state index in [0.29, 0.717) is 12.8 Å². The Hall–Kier alpha value is -2.53. The third-order valence-corrected chi connectivity index (χ3v) is 5.37. The monoisotopic (exact) mass is 471 g/mol. The number of halogens is 3. The first kappa shape index (κ1) is 26.7. The molecule has 0 radical (unpaired) electrons. The summed E-state index contributed by atoms with van der Waals surface area (Å²) in [6.45, 7) is 2.20. The second kappa shape index (κ2) is 12.6. The summed E-state index contributed by atoms with van der Waals surface area (Å²) in [6, 6.07) is 7.32. The van der Waals surface area contributed by atoms with E-state index in [4.69, 9.17) is 5.73 Å². The lowest BCUT2D eigenvalue weighted by molar-refractivity contribution is -0.258. The molecule has 2 atom stereocenters. The van der Waals surface area contributed by atoms with Crippen LogP contribution in [0.1, 0.15) is 75.2 Å². The molecule has 2 unspecified atom stereocenters. The third-order valence-electron chi connectivity index (χ3n) is 5.37. The number of hydrogen-bond acceptors (Lipinski definition) is 7. The number of H-pyrrole nitrogens is 1. The molecule has 1 aromatic heterocycles. The number of rotatable bonds is 14. The third kappa shape index (κ3) is 9.09. The molecule has 184 valence electrons. The summed E-state index contributed by atoms with van der Waals surface area (Å²) < 4.78 is 42.2. The van der Waals surface area contributed by atoms with Crippen molar-refractivity contribution in [3.05, 3.63) is 41.2 Å². The number of aliphatic hydroxyl groups is 1. The van der Waals surface area contributed by atoms with E-state index >= 15 is 0 Å². The molecular weight excluding hydrogens is 439 g/mol. The van der Waals surface area contributed by atoms with Crippen LogP contribution in [0, 0.1) is 0 Å². The summed E-state index contributed by atoms with van der Waals surface area (Å²) in [5.41, 5.74) is 8.29. The SMILES string of the molecule is CCCCCCCCc1ccc(CCC(N)CC(O)(OC(=O)C(F)(F)F)c2nn[nH]n2)cc1. The number of carbonyl (C=O) groups excluding carboxylic acids is 1. The van der Waals surface area contributed by atoms with E-state index in [1.165, 1.54) is 37.7 Å². The van der Waals surface area contributed by atoms with Crippen LogP contribution in [0.15, 0.2) is 24.3 Å². The highest BCUT2D eigenvalue weighted by Gasteiger charge is 2.49. The van der Waals surface area contributed by atoms with Crippen molar-refractivity contribution in [2.24, 2.45) is 5.73 Å². The van der Waals surface area contributed by atoms with E-state index in [0.717, 1.165) is 18.4 Å². The van der Waals surface area contributed by atoms with Crippen LogP contribution in [0.2, 0.25) is 0 Å². The summed E-state index contributed by atoms with van der Waals surface area (Å²) in [5, 5.41) is 22.7. The lowest BCUT2D eigenvalue weighted by atomic mass is 9.97. The number of nitrogens with two attached hydrogens (primary N) is 1. The van der Waals surface area contributed by atoms with Crippen molar-refractivity contribution in [2.45, 2.75) is 89.1 Å². The van der Waals surface area contributed by atoms with Gasteiger partial charge in [-0.05, 0) is 42.0 Å². The van der Waals surface area contributed by atoms with E-state index in [1.54, 1.807) is 0 Å². The standard InChI is InChI=1S/C22H32F3N5O3/c1-2-3-4-5-6-7-8-16-9-11-17(12-10-16)13-14-18(26)15-21(32,19-27-29-30-28-19)33-20(31)22(23,24)25/h9-12,18,32H,2-8,13-15,26H2,1H3,(H,27,28,29,30). The predicted molar refractivity (Wildman–Crippen MR) is 115 cm³/mol. The van der Waals surface area contributed by atoms with Gasteiger partial charge in [-0.3, -0.25) is 0 Å². The molecule has 0 amide bonds. The van der Waals surface area contributed by atoms with Gasteiger partial charge in [0.15, 0.2) is 0 Å². The number of aryl methyl sites for hydroxylation is 2. The number of alkyl halides is 3. The van der Waals surface area contributed by atoms with Gasteiger partial charge in [-0.1, -0.05) is 63.3 Å². The summed E-state index contributed by atoms with van der Waals surface area (Å²) in [5.74, 6) is -5.92. The minimum absolute atomic E-state index is 0.334. The Morgan fingerprint density at radius 2 is 1.70 bits per heavy atom. The Labute approximate surface area is 191 Å². The molecule has 1 heterocycles. The highest BCUT2D eigenvalue weighted by molar-refractivity contribution is 5.76. The van der Waals surface area contributed by atoms with Crippen molar-refractivity contribution in [3.8, 4) is 0 Å². The van der Waals surface area contributed by atoms with Crippen LogP contribution in [0.4, 0.5) is 13.2 Å². The average molecular weight is 472 g/mol. The van der Waals surface area contributed by atoms with Crippen molar-refractivity contribution in [3.63, 3.8) is 0 Å². The van der Waals surface area contributed by atoms with E-state index in [1.807, 2.05) is 17.3 Å². The maximum Gasteiger partial charge on any atom is 0.491 e. The maximum absolute atomic E-state index is 12.6. The Morgan fingerprint density at radius 3 is 2.27 bits per heavy atom. The van der Waals surface area contributed by atoms with Gasteiger partial charge < -0.3 is 15.6 Å². The zero-order valence-electron chi connectivity index (χ0n) is 18.8. The van der Waals surface area contributed by atoms with Gasteiger partial charge in [0.2, 0.25) is 5.82 Å². The number of unbranched alkanes of at least 4 members (excludes halogenated alkanes) is 5. The average Bonchev–Trinajstić information content (AvgIpc) is 3.31. The summed E-state index contributed by atoms with van der Waals surface area (Å²) in [4.78, 5) is 11.3. The first-order chi connectivity index (χ1) is 15.6. The molecule has 1 aromatic carbocycles. The number of nitrogens with zero attached hydrogens (tertiary/aromatic N) is 3. The van der Waals surface area contributed by atoms with E-state index in [-0.39, 0.29) is 0 Å². The highest BCUT2D eigenvalue weighted by atomic mass is 19.4. The Morgan fingerprint density at radius 1 is 1.09 bits per heavy atom. The second-order valence-corrected chi connectivity index (χ2v) is 8.24. The number of hydrogen-bond donors (Lipinski definition) is 3. The quantitative estimate of drug-likeness (QED) is 0.218. The molecule has 4 N–H and O–H groups in total. The molecule has 11 heteroatoms. The number of carbonyl (C=O) groups is 1. The Bertz CT molecular complexity index is 831. The molecule has 0 aliphatic rings. The molecule has 0 aliphatic heterocycles. The zero-order chi connectivity index (χ0) is 24.3. The molecule has 0 fully saturated rings. The highest BCUT2D eigenvalue weighted by Crippen LogP contribution is 2.29. The fourth-order valence-electron chi connectivity index (χ4n) is 3.51. The van der Waals surface area contributed by atoms with Crippen LogP contribution < -0.4 is 5.73 Å². The van der Waals surface area contributed by atoms with Crippen LogP contribution in [-0.4, -0.2) is 43.9 Å². The lowest BCUT2D eigenvalue weighted by Gasteiger charge is -2.27. The molecule has 0 bridgehead atoms. The number of aromatic amines is 1. The topological polar surface area (TPSA) is 127 Å². The summed E-state index contributed by atoms with van der Waals surface area (Å²) in [7, 11) is 0. The van der Waals surface area contributed by atoms with Crippen molar-refractivity contribution in [1.29, 1.82) is 0 Å². The molecule has 8 nitrogen and oxygen atoms in total. The smallest absolute Gasteiger partial charge is 0.418 e. The molecule has 2 rings (SSSR count). The first-order valence-corrected chi connectivity index (χ1v) is 11.2. The molecule has 2 aromatic rings. The summed E-state index contributed by atoms with van der Waals surface area (Å²) >= 11 is 0. The number of aromatic nitrogens is 4. The lowest BCUT2D eigenvalue weighted by Crippen LogP contribution is -2.43. The fourth-order valence-corrected chi connectivity index (χ4v) is 3.51. The molecule has 0 saturated heterocycles. The van der Waals surface area contributed by atoms with Gasteiger partial charge in [-0.25, -0.2) is 4.79 Å². The van der Waals surface area contributed by atoms with Crippen LogP contribution in [0.25, 0.3) is 0 Å². The second-order valence-electron chi connectivity index (χ2n) is 8.24. The Kier molecular flexibility index (Phi) is 10.2. The normalized spacial score (nSPS) is 14.6.